The lowest BCUT2D eigenvalue weighted by molar-refractivity contribution is -0.695. The van der Waals surface area contributed by atoms with E-state index in [1.807, 2.05) is 6.07 Å². The summed E-state index contributed by atoms with van der Waals surface area (Å²) >= 11 is 3.53. The summed E-state index contributed by atoms with van der Waals surface area (Å²) in [4.78, 5) is 5.86. The molecule has 2 aromatic heterocycles. The van der Waals surface area contributed by atoms with E-state index in [1.54, 1.807) is 22.7 Å². The zero-order valence-corrected chi connectivity index (χ0v) is 15.6. The second-order valence-electron chi connectivity index (χ2n) is 5.63. The van der Waals surface area contributed by atoms with Crippen LogP contribution in [0.5, 0.6) is 5.88 Å². The van der Waals surface area contributed by atoms with Crippen LogP contribution in [-0.2, 0) is 13.0 Å². The Bertz CT molecular complexity index is 946. The van der Waals surface area contributed by atoms with Crippen molar-refractivity contribution in [1.29, 1.82) is 0 Å². The van der Waals surface area contributed by atoms with Gasteiger partial charge in [0.15, 0.2) is 6.54 Å². The summed E-state index contributed by atoms with van der Waals surface area (Å²) in [7, 11) is 0. The van der Waals surface area contributed by atoms with Gasteiger partial charge in [-0.1, -0.05) is 41.7 Å². The summed E-state index contributed by atoms with van der Waals surface area (Å²) in [6.07, 6.45) is 13.6. The molecule has 0 radical (unpaired) electrons. The normalized spacial score (nSPS) is 13.8. The van der Waals surface area contributed by atoms with Crippen LogP contribution in [-0.4, -0.2) is 11.6 Å². The largest absolute Gasteiger partial charge is 0.439 e. The molecule has 3 nitrogen and oxygen atoms in total. The van der Waals surface area contributed by atoms with Gasteiger partial charge in [0.25, 0.3) is 5.01 Å². The van der Waals surface area contributed by atoms with Gasteiger partial charge in [-0.3, -0.25) is 0 Å². The van der Waals surface area contributed by atoms with E-state index in [4.69, 9.17) is 4.74 Å². The predicted octanol–water partition coefficient (Wildman–Crippen LogP) is 4.88. The maximum absolute atomic E-state index is 5.77. The summed E-state index contributed by atoms with van der Waals surface area (Å²) in [5.74, 6) is 0.994. The zero-order valence-electron chi connectivity index (χ0n) is 14.0. The fourth-order valence-corrected chi connectivity index (χ4v) is 4.85. The van der Waals surface area contributed by atoms with Crippen molar-refractivity contribution in [2.24, 2.45) is 0 Å². The van der Waals surface area contributed by atoms with Gasteiger partial charge in [0.2, 0.25) is 0 Å². The van der Waals surface area contributed by atoms with Crippen molar-refractivity contribution in [3.63, 3.8) is 0 Å². The lowest BCUT2D eigenvalue weighted by atomic mass is 10.3. The van der Waals surface area contributed by atoms with E-state index in [1.165, 1.54) is 14.6 Å². The van der Waals surface area contributed by atoms with Gasteiger partial charge in [0.05, 0.1) is 15.2 Å². The average molecular weight is 368 g/mol. The Kier molecular flexibility index (Phi) is 4.76. The van der Waals surface area contributed by atoms with Crippen molar-refractivity contribution in [3.8, 4) is 5.88 Å². The minimum absolute atomic E-state index is 0.662. The monoisotopic (exact) mass is 367 g/mol. The van der Waals surface area contributed by atoms with Gasteiger partial charge in [0.1, 0.15) is 11.5 Å². The number of ether oxygens (including phenoxy) is 1. The molecule has 126 valence electrons. The van der Waals surface area contributed by atoms with Crippen molar-refractivity contribution < 1.29 is 9.30 Å². The molecule has 1 aliphatic rings. The first-order chi connectivity index (χ1) is 12.3. The topological polar surface area (TPSA) is 26.0 Å². The third-order valence-electron chi connectivity index (χ3n) is 3.95. The highest BCUT2D eigenvalue weighted by Gasteiger charge is 2.25. The fourth-order valence-electron chi connectivity index (χ4n) is 2.80. The smallest absolute Gasteiger partial charge is 0.387 e. The lowest BCUT2D eigenvalue weighted by Crippen LogP contribution is -2.35. The molecule has 0 aliphatic carbocycles. The number of hydrogen-bond donors (Lipinski definition) is 0. The minimum atomic E-state index is 0.662. The van der Waals surface area contributed by atoms with Gasteiger partial charge in [-0.05, 0) is 31.2 Å². The Hall–Kier alpha value is -2.24. The highest BCUT2D eigenvalue weighted by molar-refractivity contribution is 7.18. The lowest BCUT2D eigenvalue weighted by Gasteiger charge is -2.03. The van der Waals surface area contributed by atoms with Gasteiger partial charge in [-0.25, -0.2) is 4.98 Å². The Balaban J connectivity index is 1.45. The van der Waals surface area contributed by atoms with E-state index >= 15 is 0 Å². The minimum Gasteiger partial charge on any atom is -0.439 e. The van der Waals surface area contributed by atoms with E-state index in [0.717, 1.165) is 29.4 Å². The Morgan fingerprint density at radius 2 is 2.16 bits per heavy atom. The van der Waals surface area contributed by atoms with E-state index in [0.29, 0.717) is 6.61 Å². The molecule has 5 heteroatoms. The molecule has 0 bridgehead atoms. The Morgan fingerprint density at radius 1 is 1.24 bits per heavy atom. The number of fused-ring (bicyclic) bond motifs is 2. The molecular weight excluding hydrogens is 348 g/mol. The summed E-state index contributed by atoms with van der Waals surface area (Å²) in [5.41, 5.74) is 1.09. The molecule has 0 fully saturated rings. The molecule has 0 spiro atoms. The SMILES string of the molecule is CC[n+]1c(C=CC=CCc2nc3ccccc3s2)sc2c1OCC=C2. The number of para-hydroxylation sites is 1. The first-order valence-corrected chi connectivity index (χ1v) is 10.0. The molecule has 3 heterocycles. The second-order valence-corrected chi connectivity index (χ2v) is 7.81. The summed E-state index contributed by atoms with van der Waals surface area (Å²) in [5, 5.41) is 2.36. The van der Waals surface area contributed by atoms with Crippen molar-refractivity contribution in [3.05, 3.63) is 63.5 Å². The standard InChI is InChI=1S/C20H19N2OS2/c1-2-22-19(25-17-11-8-14-23-20(17)22)13-5-3-4-12-18-21-15-9-6-7-10-16(15)24-18/h3-11,13H,2,12,14H2,1H3/q+1. The van der Waals surface area contributed by atoms with Crippen LogP contribution in [0.2, 0.25) is 0 Å². The third-order valence-corrected chi connectivity index (χ3v) is 6.11. The molecule has 0 N–H and O–H groups in total. The molecule has 0 saturated heterocycles. The van der Waals surface area contributed by atoms with Crippen molar-refractivity contribution >= 4 is 45.0 Å². The number of benzene rings is 1. The number of allylic oxidation sites excluding steroid dienone is 3. The number of nitrogens with zero attached hydrogens (tertiary/aromatic N) is 2. The molecule has 1 aliphatic heterocycles. The predicted molar refractivity (Wildman–Crippen MR) is 106 cm³/mol. The molecule has 0 atom stereocenters. The molecule has 3 aromatic rings. The number of hydrogen-bond acceptors (Lipinski definition) is 4. The van der Waals surface area contributed by atoms with Crippen molar-refractivity contribution in [1.82, 2.24) is 4.98 Å². The third kappa shape index (κ3) is 3.43. The van der Waals surface area contributed by atoms with E-state index in [2.05, 4.69) is 71.1 Å². The molecule has 0 saturated carbocycles. The quantitative estimate of drug-likeness (QED) is 0.474. The Morgan fingerprint density at radius 3 is 3.04 bits per heavy atom. The second kappa shape index (κ2) is 7.33. The number of rotatable bonds is 5. The molecule has 0 amide bonds. The zero-order chi connectivity index (χ0) is 17.1. The molecule has 4 rings (SSSR count). The first kappa shape index (κ1) is 16.2. The first-order valence-electron chi connectivity index (χ1n) is 8.39. The maximum Gasteiger partial charge on any atom is 0.387 e. The van der Waals surface area contributed by atoms with E-state index < -0.39 is 0 Å². The average Bonchev–Trinajstić information content (AvgIpc) is 3.21. The fraction of sp³-hybridized carbons (Fsp3) is 0.200. The highest BCUT2D eigenvalue weighted by Crippen LogP contribution is 2.28. The molecule has 0 unspecified atom stereocenters. The van der Waals surface area contributed by atoms with E-state index in [-0.39, 0.29) is 0 Å². The van der Waals surface area contributed by atoms with Crippen LogP contribution < -0.4 is 9.30 Å². The van der Waals surface area contributed by atoms with Gasteiger partial charge in [-0.15, -0.1) is 11.3 Å². The highest BCUT2D eigenvalue weighted by atomic mass is 32.1. The Labute approximate surface area is 155 Å². The molecule has 1 aromatic carbocycles. The molecular formula is C20H19N2OS2+. The summed E-state index contributed by atoms with van der Waals surface area (Å²) in [6, 6.07) is 8.29. The number of aromatic nitrogens is 2. The van der Waals surface area contributed by atoms with Crippen LogP contribution in [0.1, 0.15) is 21.8 Å². The van der Waals surface area contributed by atoms with Crippen LogP contribution >= 0.6 is 22.7 Å². The van der Waals surface area contributed by atoms with Crippen LogP contribution in [0, 0.1) is 0 Å². The van der Waals surface area contributed by atoms with Crippen LogP contribution in [0.15, 0.2) is 48.6 Å². The van der Waals surface area contributed by atoms with Crippen LogP contribution in [0.3, 0.4) is 0 Å². The van der Waals surface area contributed by atoms with Crippen LogP contribution in [0.4, 0.5) is 0 Å². The van der Waals surface area contributed by atoms with Gasteiger partial charge < -0.3 is 4.74 Å². The van der Waals surface area contributed by atoms with E-state index in [9.17, 15) is 0 Å². The van der Waals surface area contributed by atoms with Gasteiger partial charge in [0, 0.05) is 12.5 Å². The van der Waals surface area contributed by atoms with Crippen LogP contribution in [0.25, 0.3) is 22.4 Å². The van der Waals surface area contributed by atoms with Gasteiger partial charge >= 0.3 is 5.88 Å². The summed E-state index contributed by atoms with van der Waals surface area (Å²) < 4.78 is 9.24. The molecule has 25 heavy (non-hydrogen) atoms. The number of thiazole rings is 2. The maximum atomic E-state index is 5.77. The van der Waals surface area contributed by atoms with Gasteiger partial charge in [-0.2, -0.15) is 4.57 Å². The summed E-state index contributed by atoms with van der Waals surface area (Å²) in [6.45, 7) is 3.72. The van der Waals surface area contributed by atoms with Crippen molar-refractivity contribution in [2.45, 2.75) is 19.9 Å². The van der Waals surface area contributed by atoms with Crippen molar-refractivity contribution in [2.75, 3.05) is 6.61 Å².